The lowest BCUT2D eigenvalue weighted by molar-refractivity contribution is -0.120. The Bertz CT molecular complexity index is 451. The van der Waals surface area contributed by atoms with Crippen LogP contribution < -0.4 is 10.6 Å². The summed E-state index contributed by atoms with van der Waals surface area (Å²) in [5, 5.41) is 13.9. The zero-order valence-electron chi connectivity index (χ0n) is 9.86. The molecule has 7 heteroatoms. The molecule has 0 aliphatic heterocycles. The highest BCUT2D eigenvalue weighted by Gasteiger charge is 2.14. The quantitative estimate of drug-likeness (QED) is 0.701. The lowest BCUT2D eigenvalue weighted by Gasteiger charge is -2.07. The molecule has 1 rings (SSSR count). The van der Waals surface area contributed by atoms with Gasteiger partial charge in [0.05, 0.1) is 0 Å². The van der Waals surface area contributed by atoms with Gasteiger partial charge in [-0.15, -0.1) is 0 Å². The first-order chi connectivity index (χ1) is 8.56. The normalized spacial score (nSPS) is 9.89. The van der Waals surface area contributed by atoms with Crippen molar-refractivity contribution in [1.82, 2.24) is 10.3 Å². The molecule has 6 nitrogen and oxygen atoms in total. The number of halogens is 1. The van der Waals surface area contributed by atoms with E-state index in [-0.39, 0.29) is 24.7 Å². The van der Waals surface area contributed by atoms with E-state index in [9.17, 15) is 14.0 Å². The molecule has 0 unspecified atom stereocenters. The molecule has 0 aliphatic carbocycles. The van der Waals surface area contributed by atoms with Crippen molar-refractivity contribution in [1.29, 1.82) is 0 Å². The Labute approximate surface area is 103 Å². The van der Waals surface area contributed by atoms with Crippen molar-refractivity contribution in [2.24, 2.45) is 0 Å². The lowest BCUT2D eigenvalue weighted by Crippen LogP contribution is -2.25. The second-order valence-electron chi connectivity index (χ2n) is 3.46. The lowest BCUT2D eigenvalue weighted by atomic mass is 10.2. The number of carboxylic acids is 1. The van der Waals surface area contributed by atoms with Crippen LogP contribution in [0, 0.1) is 5.82 Å². The molecule has 0 aliphatic rings. The molecule has 1 aromatic rings. The third kappa shape index (κ3) is 3.69. The molecule has 98 valence electrons. The van der Waals surface area contributed by atoms with Crippen LogP contribution in [0.25, 0.3) is 0 Å². The third-order valence-corrected chi connectivity index (χ3v) is 2.14. The van der Waals surface area contributed by atoms with Gasteiger partial charge in [-0.25, -0.2) is 14.2 Å². The van der Waals surface area contributed by atoms with E-state index in [2.05, 4.69) is 15.6 Å². The predicted molar refractivity (Wildman–Crippen MR) is 62.9 cm³/mol. The molecule has 18 heavy (non-hydrogen) atoms. The van der Waals surface area contributed by atoms with Crippen molar-refractivity contribution >= 4 is 17.7 Å². The fourth-order valence-corrected chi connectivity index (χ4v) is 1.31. The van der Waals surface area contributed by atoms with Gasteiger partial charge in [-0.05, 0) is 13.0 Å². The molecular formula is C11H14FN3O3. The average molecular weight is 255 g/mol. The smallest absolute Gasteiger partial charge is 0.338 e. The molecule has 3 N–H and O–H groups in total. The third-order valence-electron chi connectivity index (χ3n) is 2.14. The number of carbonyl (C=O) groups excluding carboxylic acids is 1. The van der Waals surface area contributed by atoms with Crippen LogP contribution in [0.2, 0.25) is 0 Å². The Hall–Kier alpha value is -2.18. The van der Waals surface area contributed by atoms with Crippen LogP contribution >= 0.6 is 0 Å². The molecule has 0 aromatic carbocycles. The van der Waals surface area contributed by atoms with Crippen molar-refractivity contribution in [3.05, 3.63) is 23.6 Å². The highest BCUT2D eigenvalue weighted by Crippen LogP contribution is 2.14. The van der Waals surface area contributed by atoms with Gasteiger partial charge in [-0.3, -0.25) is 4.79 Å². The molecule has 0 saturated heterocycles. The van der Waals surface area contributed by atoms with Crippen LogP contribution in [0.4, 0.5) is 10.2 Å². The molecule has 0 saturated carbocycles. The summed E-state index contributed by atoms with van der Waals surface area (Å²) in [6.07, 6.45) is 1.35. The number of aromatic nitrogens is 1. The maximum absolute atomic E-state index is 13.6. The number of anilines is 1. The topological polar surface area (TPSA) is 91.3 Å². The van der Waals surface area contributed by atoms with Gasteiger partial charge in [0.1, 0.15) is 5.56 Å². The molecular weight excluding hydrogens is 241 g/mol. The summed E-state index contributed by atoms with van der Waals surface area (Å²) in [5.74, 6) is -2.62. The van der Waals surface area contributed by atoms with E-state index in [1.165, 1.54) is 6.20 Å². The number of aromatic carboxylic acids is 1. The van der Waals surface area contributed by atoms with Gasteiger partial charge in [0, 0.05) is 25.7 Å². The number of amides is 1. The standard InChI is InChI=1S/C11H14FN3O3/c1-2-13-8(16)4-6-15-10-9(12)7(11(17)18)3-5-14-10/h3,5H,2,4,6H2,1H3,(H,13,16)(H,14,15)(H,17,18). The van der Waals surface area contributed by atoms with Crippen molar-refractivity contribution in [2.45, 2.75) is 13.3 Å². The largest absolute Gasteiger partial charge is 0.478 e. The summed E-state index contributed by atoms with van der Waals surface area (Å²) < 4.78 is 13.6. The highest BCUT2D eigenvalue weighted by atomic mass is 19.1. The first-order valence-corrected chi connectivity index (χ1v) is 5.44. The van der Waals surface area contributed by atoms with Crippen LogP contribution in [-0.4, -0.2) is 35.1 Å². The summed E-state index contributed by atoms with van der Waals surface area (Å²) in [4.78, 5) is 25.5. The molecule has 0 fully saturated rings. The Kier molecular flexibility index (Phi) is 5.04. The van der Waals surface area contributed by atoms with E-state index in [0.717, 1.165) is 6.07 Å². The van der Waals surface area contributed by atoms with E-state index in [1.54, 1.807) is 6.92 Å². The summed E-state index contributed by atoms with van der Waals surface area (Å²) in [6, 6.07) is 1.08. The molecule has 1 aromatic heterocycles. The zero-order valence-corrected chi connectivity index (χ0v) is 9.86. The van der Waals surface area contributed by atoms with E-state index in [1.807, 2.05) is 0 Å². The van der Waals surface area contributed by atoms with Gasteiger partial charge < -0.3 is 15.7 Å². The first-order valence-electron chi connectivity index (χ1n) is 5.44. The minimum Gasteiger partial charge on any atom is -0.478 e. The van der Waals surface area contributed by atoms with Gasteiger partial charge >= 0.3 is 5.97 Å². The van der Waals surface area contributed by atoms with E-state index in [0.29, 0.717) is 6.54 Å². The summed E-state index contributed by atoms with van der Waals surface area (Å²) >= 11 is 0. The van der Waals surface area contributed by atoms with Gasteiger partial charge in [0.25, 0.3) is 0 Å². The first kappa shape index (κ1) is 13.9. The van der Waals surface area contributed by atoms with E-state index in [4.69, 9.17) is 5.11 Å². The van der Waals surface area contributed by atoms with E-state index < -0.39 is 17.3 Å². The van der Waals surface area contributed by atoms with Crippen LogP contribution in [-0.2, 0) is 4.79 Å². The fourth-order valence-electron chi connectivity index (χ4n) is 1.31. The zero-order chi connectivity index (χ0) is 13.5. The number of hydrogen-bond donors (Lipinski definition) is 3. The molecule has 0 bridgehead atoms. The minimum atomic E-state index is -1.36. The number of nitrogens with zero attached hydrogens (tertiary/aromatic N) is 1. The van der Waals surface area contributed by atoms with Crippen molar-refractivity contribution in [3.8, 4) is 0 Å². The van der Waals surface area contributed by atoms with Gasteiger partial charge in [0.15, 0.2) is 11.6 Å². The monoisotopic (exact) mass is 255 g/mol. The molecule has 0 spiro atoms. The molecule has 0 radical (unpaired) electrons. The van der Waals surface area contributed by atoms with Crippen molar-refractivity contribution in [3.63, 3.8) is 0 Å². The van der Waals surface area contributed by atoms with Crippen LogP contribution in [0.15, 0.2) is 12.3 Å². The minimum absolute atomic E-state index is 0.159. The van der Waals surface area contributed by atoms with Gasteiger partial charge in [0.2, 0.25) is 5.91 Å². The van der Waals surface area contributed by atoms with Gasteiger partial charge in [-0.2, -0.15) is 0 Å². The Morgan fingerprint density at radius 2 is 2.22 bits per heavy atom. The number of pyridine rings is 1. The summed E-state index contributed by atoms with van der Waals surface area (Å²) in [5.41, 5.74) is -0.453. The summed E-state index contributed by atoms with van der Waals surface area (Å²) in [6.45, 7) is 2.50. The number of carbonyl (C=O) groups is 2. The van der Waals surface area contributed by atoms with Crippen LogP contribution in [0.3, 0.4) is 0 Å². The number of nitrogens with one attached hydrogen (secondary N) is 2. The fraction of sp³-hybridized carbons (Fsp3) is 0.364. The number of carboxylic acid groups (broad SMARTS) is 1. The SMILES string of the molecule is CCNC(=O)CCNc1nccc(C(=O)O)c1F. The predicted octanol–water partition coefficient (Wildman–Crippen LogP) is 0.857. The average Bonchev–Trinajstić information content (AvgIpc) is 2.31. The number of rotatable bonds is 6. The Morgan fingerprint density at radius 3 is 2.83 bits per heavy atom. The maximum atomic E-state index is 13.6. The van der Waals surface area contributed by atoms with Crippen LogP contribution in [0.1, 0.15) is 23.7 Å². The van der Waals surface area contributed by atoms with E-state index >= 15 is 0 Å². The molecule has 1 amide bonds. The second-order valence-corrected chi connectivity index (χ2v) is 3.46. The highest BCUT2D eigenvalue weighted by molar-refractivity contribution is 5.88. The van der Waals surface area contributed by atoms with Crippen molar-refractivity contribution in [2.75, 3.05) is 18.4 Å². The molecule has 0 atom stereocenters. The van der Waals surface area contributed by atoms with Crippen LogP contribution in [0.5, 0.6) is 0 Å². The molecule has 1 heterocycles. The second kappa shape index (κ2) is 6.53. The van der Waals surface area contributed by atoms with Crippen molar-refractivity contribution < 1.29 is 19.1 Å². The Morgan fingerprint density at radius 1 is 1.50 bits per heavy atom. The summed E-state index contributed by atoms with van der Waals surface area (Å²) in [7, 11) is 0. The van der Waals surface area contributed by atoms with Gasteiger partial charge in [-0.1, -0.05) is 0 Å². The number of hydrogen-bond acceptors (Lipinski definition) is 4. The Balaban J connectivity index is 2.60. The maximum Gasteiger partial charge on any atom is 0.338 e.